The van der Waals surface area contributed by atoms with Crippen LogP contribution in [-0.2, 0) is 4.79 Å². The Morgan fingerprint density at radius 2 is 2.00 bits per heavy atom. The molecule has 0 aliphatic rings. The summed E-state index contributed by atoms with van der Waals surface area (Å²) in [4.78, 5) is 11.5. The number of halogens is 2. The van der Waals surface area contributed by atoms with E-state index in [0.717, 1.165) is 0 Å². The van der Waals surface area contributed by atoms with Gasteiger partial charge in [-0.1, -0.05) is 29.8 Å². The third-order valence-electron chi connectivity index (χ3n) is 2.96. The second-order valence-electron chi connectivity index (χ2n) is 4.40. The minimum absolute atomic E-state index is 0.395. The molecule has 0 saturated carbocycles. The van der Waals surface area contributed by atoms with E-state index in [9.17, 15) is 14.3 Å². The number of nitrogens with one attached hydrogen (secondary N) is 1. The molecule has 1 atom stereocenters. The molecule has 1 unspecified atom stereocenters. The van der Waals surface area contributed by atoms with Crippen molar-refractivity contribution in [3.05, 3.63) is 64.4 Å². The van der Waals surface area contributed by atoms with Crippen LogP contribution in [0.4, 0.5) is 10.1 Å². The molecule has 104 valence electrons. The number of hydrogen-bond acceptors (Lipinski definition) is 2. The minimum Gasteiger partial charge on any atom is -0.479 e. The third kappa shape index (κ3) is 3.08. The number of benzene rings is 2. The van der Waals surface area contributed by atoms with Gasteiger partial charge in [0.25, 0.3) is 0 Å². The number of aliphatic carboxylic acids is 1. The zero-order valence-corrected chi connectivity index (χ0v) is 11.5. The van der Waals surface area contributed by atoms with Gasteiger partial charge < -0.3 is 10.4 Å². The monoisotopic (exact) mass is 293 g/mol. The summed E-state index contributed by atoms with van der Waals surface area (Å²) in [6, 6.07) is 9.89. The molecule has 0 aliphatic heterocycles. The van der Waals surface area contributed by atoms with Gasteiger partial charge in [0.1, 0.15) is 5.82 Å². The normalized spacial score (nSPS) is 11.9. The zero-order valence-electron chi connectivity index (χ0n) is 10.7. The molecule has 0 radical (unpaired) electrons. The predicted octanol–water partition coefficient (Wildman–Crippen LogP) is 4.03. The van der Waals surface area contributed by atoms with Crippen molar-refractivity contribution in [2.75, 3.05) is 5.32 Å². The lowest BCUT2D eigenvalue weighted by molar-refractivity contribution is -0.138. The maximum Gasteiger partial charge on any atom is 0.330 e. The average Bonchev–Trinajstić information content (AvgIpc) is 2.38. The average molecular weight is 294 g/mol. The van der Waals surface area contributed by atoms with Crippen molar-refractivity contribution in [2.24, 2.45) is 0 Å². The van der Waals surface area contributed by atoms with E-state index in [2.05, 4.69) is 5.32 Å². The van der Waals surface area contributed by atoms with Gasteiger partial charge in [0.05, 0.1) is 10.7 Å². The first-order chi connectivity index (χ1) is 9.49. The van der Waals surface area contributed by atoms with E-state index in [-0.39, 0.29) is 0 Å². The van der Waals surface area contributed by atoms with E-state index in [1.165, 1.54) is 18.2 Å². The summed E-state index contributed by atoms with van der Waals surface area (Å²) in [5.41, 5.74) is 1.58. The molecule has 0 amide bonds. The number of rotatable bonds is 4. The second kappa shape index (κ2) is 5.92. The van der Waals surface area contributed by atoms with Crippen LogP contribution < -0.4 is 5.32 Å². The van der Waals surface area contributed by atoms with E-state index < -0.39 is 17.8 Å². The van der Waals surface area contributed by atoms with Gasteiger partial charge >= 0.3 is 5.97 Å². The number of carbonyl (C=O) groups is 1. The first-order valence-electron chi connectivity index (χ1n) is 5.99. The Balaban J connectivity index is 2.37. The fourth-order valence-corrected chi connectivity index (χ4v) is 2.16. The fourth-order valence-electron chi connectivity index (χ4n) is 1.97. The van der Waals surface area contributed by atoms with Gasteiger partial charge in [-0.3, -0.25) is 0 Å². The summed E-state index contributed by atoms with van der Waals surface area (Å²) in [5, 5.41) is 12.7. The lowest BCUT2D eigenvalue weighted by atomic mass is 10.0. The Morgan fingerprint density at radius 1 is 1.30 bits per heavy atom. The van der Waals surface area contributed by atoms with Gasteiger partial charge in [-0.25, -0.2) is 9.18 Å². The second-order valence-corrected chi connectivity index (χ2v) is 4.80. The standard InChI is InChI=1S/C15H13ClFNO2/c1-9-8-10(17)6-7-11(9)14(15(19)20)18-13-5-3-2-4-12(13)16/h2-8,14,18H,1H3,(H,19,20). The minimum atomic E-state index is -1.06. The molecule has 2 aromatic rings. The van der Waals surface area contributed by atoms with Gasteiger partial charge in [0, 0.05) is 0 Å². The van der Waals surface area contributed by atoms with Crippen LogP contribution in [0.1, 0.15) is 17.2 Å². The predicted molar refractivity (Wildman–Crippen MR) is 76.6 cm³/mol. The SMILES string of the molecule is Cc1cc(F)ccc1C(Nc1ccccc1Cl)C(=O)O. The molecular weight excluding hydrogens is 281 g/mol. The maximum absolute atomic E-state index is 13.1. The highest BCUT2D eigenvalue weighted by Crippen LogP contribution is 2.27. The van der Waals surface area contributed by atoms with Crippen LogP contribution in [0.25, 0.3) is 0 Å². The number of hydrogen-bond donors (Lipinski definition) is 2. The van der Waals surface area contributed by atoms with Crippen molar-refractivity contribution < 1.29 is 14.3 Å². The van der Waals surface area contributed by atoms with E-state index in [1.807, 2.05) is 0 Å². The molecule has 0 spiro atoms. The molecule has 2 aromatic carbocycles. The van der Waals surface area contributed by atoms with Gasteiger partial charge in [-0.15, -0.1) is 0 Å². The summed E-state index contributed by atoms with van der Waals surface area (Å²) < 4.78 is 13.1. The molecule has 0 saturated heterocycles. The Morgan fingerprint density at radius 3 is 2.60 bits per heavy atom. The molecule has 0 aliphatic carbocycles. The Kier molecular flexibility index (Phi) is 4.25. The lowest BCUT2D eigenvalue weighted by Gasteiger charge is -2.19. The number of carboxylic acid groups (broad SMARTS) is 1. The van der Waals surface area contributed by atoms with Crippen molar-refractivity contribution >= 4 is 23.3 Å². The molecule has 0 aromatic heterocycles. The van der Waals surface area contributed by atoms with E-state index >= 15 is 0 Å². The molecule has 2 rings (SSSR count). The van der Waals surface area contributed by atoms with E-state index in [1.54, 1.807) is 31.2 Å². The van der Waals surface area contributed by atoms with Gasteiger partial charge in [0.2, 0.25) is 0 Å². The lowest BCUT2D eigenvalue weighted by Crippen LogP contribution is -2.21. The topological polar surface area (TPSA) is 49.3 Å². The Labute approximate surface area is 121 Å². The Hall–Kier alpha value is -2.07. The van der Waals surface area contributed by atoms with Gasteiger partial charge in [-0.05, 0) is 42.3 Å². The summed E-state index contributed by atoms with van der Waals surface area (Å²) >= 11 is 6.01. The number of para-hydroxylation sites is 1. The van der Waals surface area contributed by atoms with Crippen molar-refractivity contribution in [3.63, 3.8) is 0 Å². The molecular formula is C15H13ClFNO2. The summed E-state index contributed by atoms with van der Waals surface area (Å²) in [5.74, 6) is -1.45. The molecule has 5 heteroatoms. The van der Waals surface area contributed by atoms with Gasteiger partial charge in [-0.2, -0.15) is 0 Å². The highest BCUT2D eigenvalue weighted by molar-refractivity contribution is 6.33. The number of anilines is 1. The highest BCUT2D eigenvalue weighted by Gasteiger charge is 2.22. The van der Waals surface area contributed by atoms with Crippen LogP contribution in [0.3, 0.4) is 0 Å². The molecule has 0 bridgehead atoms. The van der Waals surface area contributed by atoms with Crippen LogP contribution in [0.2, 0.25) is 5.02 Å². The maximum atomic E-state index is 13.1. The quantitative estimate of drug-likeness (QED) is 0.895. The first-order valence-corrected chi connectivity index (χ1v) is 6.37. The number of carboxylic acids is 1. The van der Waals surface area contributed by atoms with Crippen LogP contribution in [0, 0.1) is 12.7 Å². The molecule has 2 N–H and O–H groups in total. The Bertz CT molecular complexity index is 646. The van der Waals surface area contributed by atoms with Crippen molar-refractivity contribution in [2.45, 2.75) is 13.0 Å². The fraction of sp³-hybridized carbons (Fsp3) is 0.133. The van der Waals surface area contributed by atoms with Crippen molar-refractivity contribution in [1.29, 1.82) is 0 Å². The van der Waals surface area contributed by atoms with Crippen molar-refractivity contribution in [3.8, 4) is 0 Å². The molecule has 0 heterocycles. The third-order valence-corrected chi connectivity index (χ3v) is 3.29. The van der Waals surface area contributed by atoms with Crippen LogP contribution in [-0.4, -0.2) is 11.1 Å². The largest absolute Gasteiger partial charge is 0.479 e. The van der Waals surface area contributed by atoms with E-state index in [0.29, 0.717) is 21.8 Å². The van der Waals surface area contributed by atoms with Crippen LogP contribution in [0.5, 0.6) is 0 Å². The smallest absolute Gasteiger partial charge is 0.330 e. The summed E-state index contributed by atoms with van der Waals surface area (Å²) in [7, 11) is 0. The highest BCUT2D eigenvalue weighted by atomic mass is 35.5. The van der Waals surface area contributed by atoms with Crippen molar-refractivity contribution in [1.82, 2.24) is 0 Å². The van der Waals surface area contributed by atoms with Crippen LogP contribution in [0.15, 0.2) is 42.5 Å². The van der Waals surface area contributed by atoms with Crippen LogP contribution >= 0.6 is 11.6 Å². The molecule has 0 fully saturated rings. The first kappa shape index (κ1) is 14.3. The number of aryl methyl sites for hydroxylation is 1. The summed E-state index contributed by atoms with van der Waals surface area (Å²) in [6.45, 7) is 1.67. The molecule has 20 heavy (non-hydrogen) atoms. The zero-order chi connectivity index (χ0) is 14.7. The van der Waals surface area contributed by atoms with E-state index in [4.69, 9.17) is 11.6 Å². The van der Waals surface area contributed by atoms with Gasteiger partial charge in [0.15, 0.2) is 6.04 Å². The summed E-state index contributed by atoms with van der Waals surface area (Å²) in [6.07, 6.45) is 0. The molecule has 3 nitrogen and oxygen atoms in total.